The van der Waals surface area contributed by atoms with Crippen LogP contribution in [0.4, 0.5) is 0 Å². The van der Waals surface area contributed by atoms with Crippen molar-refractivity contribution >= 4 is 11.9 Å². The number of hydrogen-bond acceptors (Lipinski definition) is 3. The average molecular weight is 231 g/mol. The van der Waals surface area contributed by atoms with Gasteiger partial charge in [-0.05, 0) is 26.2 Å². The molecule has 0 rings (SSSR count). The third-order valence-electron chi connectivity index (χ3n) is 2.21. The molecule has 1 atom stereocenters. The number of methoxy groups -OCH3 is 1. The molecule has 0 aliphatic carbocycles. The van der Waals surface area contributed by atoms with E-state index in [1.165, 1.54) is 0 Å². The molecule has 0 saturated carbocycles. The van der Waals surface area contributed by atoms with Crippen molar-refractivity contribution in [3.8, 4) is 0 Å². The fourth-order valence-corrected chi connectivity index (χ4v) is 1.28. The molecule has 5 heteroatoms. The number of unbranched alkanes of at least 4 members (excludes halogenated alkanes) is 1. The third kappa shape index (κ3) is 9.45. The number of hydrogen-bond donors (Lipinski definition) is 2. The summed E-state index contributed by atoms with van der Waals surface area (Å²) < 4.78 is 4.90. The van der Waals surface area contributed by atoms with Crippen molar-refractivity contribution in [1.29, 1.82) is 0 Å². The highest BCUT2D eigenvalue weighted by Gasteiger charge is 2.07. The molecule has 0 fully saturated rings. The second kappa shape index (κ2) is 9.15. The quantitative estimate of drug-likeness (QED) is 0.584. The van der Waals surface area contributed by atoms with E-state index in [0.717, 1.165) is 6.42 Å². The monoisotopic (exact) mass is 231 g/mol. The maximum atomic E-state index is 11.4. The Labute approximate surface area is 96.2 Å². The second-order valence-electron chi connectivity index (χ2n) is 3.85. The molecule has 2 N–H and O–H groups in total. The first-order chi connectivity index (χ1) is 7.56. The Kier molecular flexibility index (Phi) is 8.52. The van der Waals surface area contributed by atoms with Crippen LogP contribution in [-0.2, 0) is 14.3 Å². The Morgan fingerprint density at radius 2 is 1.94 bits per heavy atom. The number of rotatable bonds is 9. The molecule has 0 aromatic heterocycles. The van der Waals surface area contributed by atoms with E-state index in [9.17, 15) is 9.59 Å². The van der Waals surface area contributed by atoms with Crippen molar-refractivity contribution in [2.75, 3.05) is 13.7 Å². The van der Waals surface area contributed by atoms with Gasteiger partial charge in [0.05, 0.1) is 0 Å². The van der Waals surface area contributed by atoms with Crippen LogP contribution in [0.25, 0.3) is 0 Å². The summed E-state index contributed by atoms with van der Waals surface area (Å²) >= 11 is 0. The first-order valence-corrected chi connectivity index (χ1v) is 5.56. The van der Waals surface area contributed by atoms with E-state index in [1.807, 2.05) is 6.92 Å². The van der Waals surface area contributed by atoms with Crippen LogP contribution in [0.3, 0.4) is 0 Å². The van der Waals surface area contributed by atoms with E-state index in [1.54, 1.807) is 7.11 Å². The standard InChI is InChI=1S/C11H21NO4/c1-9(7-8-16-2)12-10(13)5-3-4-6-11(14)15/h9H,3-8H2,1-2H3,(H,12,13)(H,14,15). The molecule has 16 heavy (non-hydrogen) atoms. The zero-order valence-corrected chi connectivity index (χ0v) is 9.99. The van der Waals surface area contributed by atoms with E-state index in [-0.39, 0.29) is 18.4 Å². The molecule has 0 radical (unpaired) electrons. The Morgan fingerprint density at radius 1 is 1.31 bits per heavy atom. The fraction of sp³-hybridized carbons (Fsp3) is 0.818. The van der Waals surface area contributed by atoms with Crippen molar-refractivity contribution in [3.63, 3.8) is 0 Å². The second-order valence-corrected chi connectivity index (χ2v) is 3.85. The zero-order valence-electron chi connectivity index (χ0n) is 9.99. The summed E-state index contributed by atoms with van der Waals surface area (Å²) in [5.74, 6) is -0.831. The molecule has 0 aliphatic rings. The highest BCUT2D eigenvalue weighted by atomic mass is 16.5. The SMILES string of the molecule is COCCC(C)NC(=O)CCCCC(=O)O. The van der Waals surface area contributed by atoms with E-state index in [0.29, 0.717) is 25.9 Å². The smallest absolute Gasteiger partial charge is 0.303 e. The molecule has 1 amide bonds. The van der Waals surface area contributed by atoms with Gasteiger partial charge in [0.2, 0.25) is 5.91 Å². The van der Waals surface area contributed by atoms with Gasteiger partial charge in [-0.25, -0.2) is 0 Å². The Morgan fingerprint density at radius 3 is 2.50 bits per heavy atom. The zero-order chi connectivity index (χ0) is 12.4. The number of carboxylic acids is 1. The van der Waals surface area contributed by atoms with Crippen LogP contribution in [0, 0.1) is 0 Å². The van der Waals surface area contributed by atoms with Gasteiger partial charge in [0.25, 0.3) is 0 Å². The Balaban J connectivity index is 3.46. The first-order valence-electron chi connectivity index (χ1n) is 5.56. The molecule has 1 unspecified atom stereocenters. The molecule has 5 nitrogen and oxygen atoms in total. The van der Waals surface area contributed by atoms with Gasteiger partial charge in [0, 0.05) is 32.6 Å². The maximum absolute atomic E-state index is 11.4. The van der Waals surface area contributed by atoms with E-state index >= 15 is 0 Å². The Hall–Kier alpha value is -1.10. The van der Waals surface area contributed by atoms with Gasteiger partial charge in [0.15, 0.2) is 0 Å². The topological polar surface area (TPSA) is 75.6 Å². The largest absolute Gasteiger partial charge is 0.481 e. The maximum Gasteiger partial charge on any atom is 0.303 e. The van der Waals surface area contributed by atoms with Gasteiger partial charge in [-0.2, -0.15) is 0 Å². The van der Waals surface area contributed by atoms with Crippen LogP contribution in [0.1, 0.15) is 39.0 Å². The van der Waals surface area contributed by atoms with Crippen molar-refractivity contribution in [1.82, 2.24) is 5.32 Å². The number of aliphatic carboxylic acids is 1. The van der Waals surface area contributed by atoms with E-state index in [2.05, 4.69) is 5.32 Å². The highest BCUT2D eigenvalue weighted by Crippen LogP contribution is 2.00. The molecule has 0 aromatic carbocycles. The molecule has 0 bridgehead atoms. The van der Waals surface area contributed by atoms with Crippen LogP contribution >= 0.6 is 0 Å². The third-order valence-corrected chi connectivity index (χ3v) is 2.21. The summed E-state index contributed by atoms with van der Waals surface area (Å²) in [4.78, 5) is 21.6. The van der Waals surface area contributed by atoms with Crippen LogP contribution in [0.15, 0.2) is 0 Å². The van der Waals surface area contributed by atoms with Crippen LogP contribution < -0.4 is 5.32 Å². The van der Waals surface area contributed by atoms with Crippen molar-refractivity contribution in [2.45, 2.75) is 45.1 Å². The van der Waals surface area contributed by atoms with Gasteiger partial charge in [-0.15, -0.1) is 0 Å². The number of amides is 1. The van der Waals surface area contributed by atoms with Gasteiger partial charge >= 0.3 is 5.97 Å². The lowest BCUT2D eigenvalue weighted by atomic mass is 10.1. The normalized spacial score (nSPS) is 12.1. The van der Waals surface area contributed by atoms with Gasteiger partial charge in [-0.1, -0.05) is 0 Å². The minimum atomic E-state index is -0.811. The summed E-state index contributed by atoms with van der Waals surface area (Å²) in [5.41, 5.74) is 0. The molecule has 94 valence electrons. The summed E-state index contributed by atoms with van der Waals surface area (Å²) in [6.07, 6.45) is 2.48. The molecule has 0 saturated heterocycles. The van der Waals surface area contributed by atoms with Crippen LogP contribution in [-0.4, -0.2) is 36.7 Å². The first kappa shape index (κ1) is 14.9. The molecule has 0 aliphatic heterocycles. The van der Waals surface area contributed by atoms with Crippen molar-refractivity contribution < 1.29 is 19.4 Å². The molecule has 0 spiro atoms. The number of carbonyl (C=O) groups excluding carboxylic acids is 1. The number of nitrogens with one attached hydrogen (secondary N) is 1. The van der Waals surface area contributed by atoms with Crippen molar-refractivity contribution in [2.24, 2.45) is 0 Å². The van der Waals surface area contributed by atoms with Gasteiger partial charge in [-0.3, -0.25) is 9.59 Å². The van der Waals surface area contributed by atoms with Crippen LogP contribution in [0.5, 0.6) is 0 Å². The van der Waals surface area contributed by atoms with Gasteiger partial charge < -0.3 is 15.2 Å². The van der Waals surface area contributed by atoms with Crippen LogP contribution in [0.2, 0.25) is 0 Å². The highest BCUT2D eigenvalue weighted by molar-refractivity contribution is 5.76. The minimum absolute atomic E-state index is 0.0195. The molecule has 0 aromatic rings. The lowest BCUT2D eigenvalue weighted by Gasteiger charge is -2.12. The minimum Gasteiger partial charge on any atom is -0.481 e. The summed E-state index contributed by atoms with van der Waals surface area (Å²) in [5, 5.41) is 11.2. The van der Waals surface area contributed by atoms with E-state index in [4.69, 9.17) is 9.84 Å². The van der Waals surface area contributed by atoms with Gasteiger partial charge in [0.1, 0.15) is 0 Å². The summed E-state index contributed by atoms with van der Waals surface area (Å²) in [7, 11) is 1.63. The average Bonchev–Trinajstić information content (AvgIpc) is 2.21. The molecular formula is C11H21NO4. The Bertz CT molecular complexity index is 218. The number of carboxylic acid groups (broad SMARTS) is 1. The predicted octanol–water partition coefficient (Wildman–Crippen LogP) is 1.17. The lowest BCUT2D eigenvalue weighted by Crippen LogP contribution is -2.33. The molecular weight excluding hydrogens is 210 g/mol. The molecule has 0 heterocycles. The number of ether oxygens (including phenoxy) is 1. The summed E-state index contributed by atoms with van der Waals surface area (Å²) in [6.45, 7) is 2.55. The van der Waals surface area contributed by atoms with Crippen molar-refractivity contribution in [3.05, 3.63) is 0 Å². The summed E-state index contributed by atoms with van der Waals surface area (Å²) in [6, 6.07) is 0.104. The fourth-order valence-electron chi connectivity index (χ4n) is 1.28. The lowest BCUT2D eigenvalue weighted by molar-refractivity contribution is -0.137. The van der Waals surface area contributed by atoms with E-state index < -0.39 is 5.97 Å². The number of carbonyl (C=O) groups is 2. The predicted molar refractivity (Wildman–Crippen MR) is 60.2 cm³/mol.